The molecule has 1 aromatic heterocycles. The Kier molecular flexibility index (Phi) is 5.95. The van der Waals surface area contributed by atoms with Gasteiger partial charge in [-0.1, -0.05) is 11.6 Å². The van der Waals surface area contributed by atoms with Crippen LogP contribution in [0.2, 0.25) is 5.02 Å². The highest BCUT2D eigenvalue weighted by Crippen LogP contribution is 2.42. The Hall–Kier alpha value is -2.42. The highest BCUT2D eigenvalue weighted by Gasteiger charge is 2.34. The molecule has 0 fully saturated rings. The predicted octanol–water partition coefficient (Wildman–Crippen LogP) is 3.67. The summed E-state index contributed by atoms with van der Waals surface area (Å²) in [5.41, 5.74) is 5.41. The summed E-state index contributed by atoms with van der Waals surface area (Å²) in [5, 5.41) is 13.4. The first-order chi connectivity index (χ1) is 13.9. The van der Waals surface area contributed by atoms with Gasteiger partial charge >= 0.3 is 6.09 Å². The fourth-order valence-corrected chi connectivity index (χ4v) is 3.19. The van der Waals surface area contributed by atoms with E-state index in [4.69, 9.17) is 26.8 Å². The number of carbonyl (C=O) groups is 1. The predicted molar refractivity (Wildman–Crippen MR) is 111 cm³/mol. The summed E-state index contributed by atoms with van der Waals surface area (Å²) in [6, 6.07) is 5.29. The number of pyridine rings is 1. The minimum Gasteiger partial charge on any atom is -0.488 e. The van der Waals surface area contributed by atoms with E-state index in [-0.39, 0.29) is 18.2 Å². The molecule has 0 aliphatic carbocycles. The molecular formula is C21H25ClFN3O4. The van der Waals surface area contributed by atoms with Crippen molar-refractivity contribution in [3.05, 3.63) is 46.4 Å². The average molecular weight is 438 g/mol. The third-order valence-electron chi connectivity index (χ3n) is 4.60. The number of halogens is 2. The Morgan fingerprint density at radius 1 is 1.40 bits per heavy atom. The molecule has 1 aromatic carbocycles. The number of rotatable bonds is 4. The van der Waals surface area contributed by atoms with E-state index >= 15 is 0 Å². The number of amides is 1. The lowest BCUT2D eigenvalue weighted by atomic mass is 9.96. The third kappa shape index (κ3) is 4.66. The molecule has 7 nitrogen and oxygen atoms in total. The van der Waals surface area contributed by atoms with Crippen molar-refractivity contribution in [1.82, 2.24) is 10.3 Å². The van der Waals surface area contributed by atoms with Gasteiger partial charge in [0.25, 0.3) is 0 Å². The molecule has 162 valence electrons. The van der Waals surface area contributed by atoms with Crippen molar-refractivity contribution in [1.29, 1.82) is 0 Å². The number of hydrogen-bond acceptors (Lipinski definition) is 6. The Labute approximate surface area is 179 Å². The van der Waals surface area contributed by atoms with Crippen LogP contribution in [-0.4, -0.2) is 34.9 Å². The highest BCUT2D eigenvalue weighted by molar-refractivity contribution is 6.31. The largest absolute Gasteiger partial charge is 0.488 e. The highest BCUT2D eigenvalue weighted by atomic mass is 35.5. The number of nitrogens with one attached hydrogen (secondary N) is 1. The van der Waals surface area contributed by atoms with Gasteiger partial charge in [-0.25, -0.2) is 14.2 Å². The monoisotopic (exact) mass is 437 g/mol. The minimum absolute atomic E-state index is 0.0690. The van der Waals surface area contributed by atoms with E-state index in [1.165, 1.54) is 25.1 Å². The molecule has 0 bridgehead atoms. The standard InChI is InChI=1S/C21H25ClFN3O4/c1-20(2,3)30-19(27)25-15-9-29-18-12(15)8-16(21(4,28)10-24)26-17(18)11-5-6-14(23)13(22)7-11/h5-8,15,28H,9-10,24H2,1-4H3,(H,25,27). The number of fused-ring (bicyclic) bond motifs is 1. The molecule has 2 atom stereocenters. The van der Waals surface area contributed by atoms with Gasteiger partial charge in [-0.2, -0.15) is 0 Å². The van der Waals surface area contributed by atoms with Gasteiger partial charge < -0.3 is 25.6 Å². The van der Waals surface area contributed by atoms with E-state index in [9.17, 15) is 14.3 Å². The summed E-state index contributed by atoms with van der Waals surface area (Å²) < 4.78 is 24.8. The zero-order valence-corrected chi connectivity index (χ0v) is 18.0. The molecule has 0 spiro atoms. The fraction of sp³-hybridized carbons (Fsp3) is 0.429. The topological polar surface area (TPSA) is 107 Å². The molecule has 0 saturated heterocycles. The third-order valence-corrected chi connectivity index (χ3v) is 4.89. The van der Waals surface area contributed by atoms with Gasteiger partial charge in [-0.05, 0) is 52.0 Å². The summed E-state index contributed by atoms with van der Waals surface area (Å²) in [6.07, 6.45) is -0.598. The van der Waals surface area contributed by atoms with Crippen LogP contribution in [0.3, 0.4) is 0 Å². The van der Waals surface area contributed by atoms with E-state index in [2.05, 4.69) is 10.3 Å². The Bertz CT molecular complexity index is 975. The van der Waals surface area contributed by atoms with Crippen LogP contribution in [0.5, 0.6) is 5.75 Å². The van der Waals surface area contributed by atoms with Crippen molar-refractivity contribution in [2.75, 3.05) is 13.2 Å². The molecule has 9 heteroatoms. The molecule has 0 saturated carbocycles. The molecule has 4 N–H and O–H groups in total. The molecule has 1 amide bonds. The second-order valence-corrected chi connectivity index (χ2v) is 8.80. The van der Waals surface area contributed by atoms with Crippen LogP contribution >= 0.6 is 11.6 Å². The summed E-state index contributed by atoms with van der Waals surface area (Å²) >= 11 is 5.94. The number of nitrogens with zero attached hydrogens (tertiary/aromatic N) is 1. The first-order valence-electron chi connectivity index (χ1n) is 9.47. The number of aliphatic hydroxyl groups is 1. The fourth-order valence-electron chi connectivity index (χ4n) is 3.01. The van der Waals surface area contributed by atoms with Gasteiger partial charge in [-0.3, -0.25) is 0 Å². The maximum Gasteiger partial charge on any atom is 0.408 e. The molecule has 2 heterocycles. The lowest BCUT2D eigenvalue weighted by molar-refractivity contribution is 0.0497. The van der Waals surface area contributed by atoms with Gasteiger partial charge in [0.2, 0.25) is 0 Å². The summed E-state index contributed by atoms with van der Waals surface area (Å²) in [6.45, 7) is 6.91. The summed E-state index contributed by atoms with van der Waals surface area (Å²) in [5.74, 6) is -0.150. The SMILES string of the molecule is CC(C)(C)OC(=O)NC1COc2c1cc(C(C)(O)CN)nc2-c1ccc(F)c(Cl)c1. The van der Waals surface area contributed by atoms with Crippen molar-refractivity contribution < 1.29 is 23.8 Å². The van der Waals surface area contributed by atoms with Crippen LogP contribution in [-0.2, 0) is 10.3 Å². The number of benzene rings is 1. The van der Waals surface area contributed by atoms with E-state index in [1.54, 1.807) is 26.8 Å². The molecule has 3 rings (SSSR count). The number of nitrogens with two attached hydrogens (primary N) is 1. The molecule has 2 aromatic rings. The number of ether oxygens (including phenoxy) is 2. The normalized spacial score (nSPS) is 17.7. The quantitative estimate of drug-likeness (QED) is 0.673. The molecule has 30 heavy (non-hydrogen) atoms. The smallest absolute Gasteiger partial charge is 0.408 e. The molecule has 1 aliphatic rings. The van der Waals surface area contributed by atoms with Crippen LogP contribution in [0.25, 0.3) is 11.3 Å². The van der Waals surface area contributed by atoms with Crippen LogP contribution in [0.4, 0.5) is 9.18 Å². The van der Waals surface area contributed by atoms with Gasteiger partial charge in [0.05, 0.1) is 16.8 Å². The lowest BCUT2D eigenvalue weighted by Gasteiger charge is -2.24. The first kappa shape index (κ1) is 22.3. The Morgan fingerprint density at radius 3 is 2.70 bits per heavy atom. The van der Waals surface area contributed by atoms with E-state index in [0.29, 0.717) is 28.3 Å². The molecule has 2 unspecified atom stereocenters. The Morgan fingerprint density at radius 2 is 2.10 bits per heavy atom. The summed E-state index contributed by atoms with van der Waals surface area (Å²) in [7, 11) is 0. The number of hydrogen-bond donors (Lipinski definition) is 3. The van der Waals surface area contributed by atoms with E-state index < -0.39 is 29.2 Å². The maximum atomic E-state index is 13.7. The first-order valence-corrected chi connectivity index (χ1v) is 9.84. The number of aromatic nitrogens is 1. The van der Waals surface area contributed by atoms with Crippen molar-refractivity contribution in [3.63, 3.8) is 0 Å². The van der Waals surface area contributed by atoms with E-state index in [1.807, 2.05) is 0 Å². The van der Waals surface area contributed by atoms with Gasteiger partial charge in [0, 0.05) is 17.7 Å². The zero-order chi connectivity index (χ0) is 22.3. The van der Waals surface area contributed by atoms with Crippen LogP contribution in [0.15, 0.2) is 24.3 Å². The minimum atomic E-state index is -1.42. The average Bonchev–Trinajstić information content (AvgIpc) is 3.04. The van der Waals surface area contributed by atoms with Gasteiger partial charge in [0.15, 0.2) is 5.75 Å². The van der Waals surface area contributed by atoms with E-state index in [0.717, 1.165) is 0 Å². The molecule has 0 radical (unpaired) electrons. The lowest BCUT2D eigenvalue weighted by Crippen LogP contribution is -2.36. The second kappa shape index (κ2) is 8.02. The van der Waals surface area contributed by atoms with Crippen LogP contribution < -0.4 is 15.8 Å². The van der Waals surface area contributed by atoms with Crippen molar-refractivity contribution >= 4 is 17.7 Å². The van der Waals surface area contributed by atoms with Crippen LogP contribution in [0.1, 0.15) is 45.0 Å². The van der Waals surface area contributed by atoms with Gasteiger partial charge in [-0.15, -0.1) is 0 Å². The number of alkyl carbamates (subject to hydrolysis) is 1. The Balaban J connectivity index is 2.07. The van der Waals surface area contributed by atoms with Crippen molar-refractivity contribution in [3.8, 4) is 17.0 Å². The van der Waals surface area contributed by atoms with Gasteiger partial charge in [0.1, 0.15) is 29.3 Å². The zero-order valence-electron chi connectivity index (χ0n) is 17.3. The van der Waals surface area contributed by atoms with Crippen LogP contribution in [0, 0.1) is 5.82 Å². The number of carbonyl (C=O) groups excluding carboxylic acids is 1. The molecule has 1 aliphatic heterocycles. The molecular weight excluding hydrogens is 413 g/mol. The maximum absolute atomic E-state index is 13.7. The van der Waals surface area contributed by atoms with Crippen molar-refractivity contribution in [2.24, 2.45) is 5.73 Å². The van der Waals surface area contributed by atoms with Crippen molar-refractivity contribution in [2.45, 2.75) is 44.9 Å². The second-order valence-electron chi connectivity index (χ2n) is 8.39. The summed E-state index contributed by atoms with van der Waals surface area (Å²) in [4.78, 5) is 16.8.